The number of benzene rings is 1. The molecule has 2 aliphatic rings. The van der Waals surface area contributed by atoms with Gasteiger partial charge in [0.05, 0.1) is 0 Å². The Hall–Kier alpha value is -1.02. The fraction of sp³-hybridized carbons (Fsp3) is 0.625. The first-order valence-corrected chi connectivity index (χ1v) is 7.19. The van der Waals surface area contributed by atoms with Gasteiger partial charge in [0.25, 0.3) is 0 Å². The SMILES string of the molecule is CN1CCC2(c3cccc(O)c3)CCCC[C@H]2C1. The van der Waals surface area contributed by atoms with Crippen molar-refractivity contribution in [1.29, 1.82) is 0 Å². The Kier molecular flexibility index (Phi) is 3.06. The lowest BCUT2D eigenvalue weighted by Crippen LogP contribution is -2.50. The summed E-state index contributed by atoms with van der Waals surface area (Å²) in [7, 11) is 2.24. The first-order valence-electron chi connectivity index (χ1n) is 7.19. The molecule has 0 bridgehead atoms. The monoisotopic (exact) mass is 245 g/mol. The lowest BCUT2D eigenvalue weighted by molar-refractivity contribution is 0.0706. The summed E-state index contributed by atoms with van der Waals surface area (Å²) in [5.74, 6) is 1.19. The van der Waals surface area contributed by atoms with Crippen molar-refractivity contribution in [2.45, 2.75) is 37.5 Å². The molecule has 18 heavy (non-hydrogen) atoms. The molecule has 3 rings (SSSR count). The third-order valence-electron chi connectivity index (χ3n) is 5.10. The Labute approximate surface area is 110 Å². The van der Waals surface area contributed by atoms with Crippen LogP contribution in [-0.4, -0.2) is 30.1 Å². The molecule has 1 aliphatic heterocycles. The number of phenols is 1. The summed E-state index contributed by atoms with van der Waals surface area (Å²) in [4.78, 5) is 2.47. The molecule has 0 aromatic heterocycles. The first-order chi connectivity index (χ1) is 8.71. The quantitative estimate of drug-likeness (QED) is 0.821. The van der Waals surface area contributed by atoms with E-state index in [4.69, 9.17) is 0 Å². The van der Waals surface area contributed by atoms with Crippen molar-refractivity contribution in [3.8, 4) is 5.75 Å². The van der Waals surface area contributed by atoms with Gasteiger partial charge in [-0.25, -0.2) is 0 Å². The summed E-state index contributed by atoms with van der Waals surface area (Å²) < 4.78 is 0. The average Bonchev–Trinajstić information content (AvgIpc) is 2.38. The highest BCUT2D eigenvalue weighted by molar-refractivity contribution is 5.35. The van der Waals surface area contributed by atoms with Crippen LogP contribution in [0.1, 0.15) is 37.7 Å². The van der Waals surface area contributed by atoms with Crippen molar-refractivity contribution in [1.82, 2.24) is 4.90 Å². The standard InChI is InChI=1S/C16H23NO/c1-17-10-9-16(8-3-2-5-14(16)12-17)13-6-4-7-15(18)11-13/h4,6-7,11,14,18H,2-3,5,8-10,12H2,1H3/t14-,16?/m0/s1. The molecule has 1 saturated heterocycles. The Morgan fingerprint density at radius 2 is 2.17 bits per heavy atom. The van der Waals surface area contributed by atoms with Crippen LogP contribution >= 0.6 is 0 Å². The van der Waals surface area contributed by atoms with Gasteiger partial charge in [-0.15, -0.1) is 0 Å². The molecule has 1 aromatic carbocycles. The maximum atomic E-state index is 9.77. The molecule has 98 valence electrons. The van der Waals surface area contributed by atoms with E-state index in [0.717, 1.165) is 5.92 Å². The fourth-order valence-corrected chi connectivity index (χ4v) is 4.10. The third kappa shape index (κ3) is 1.93. The Balaban J connectivity index is 1.99. The molecule has 1 heterocycles. The average molecular weight is 245 g/mol. The van der Waals surface area contributed by atoms with E-state index in [1.807, 2.05) is 12.1 Å². The third-order valence-corrected chi connectivity index (χ3v) is 5.10. The van der Waals surface area contributed by atoms with Gasteiger partial charge in [-0.1, -0.05) is 25.0 Å². The lowest BCUT2D eigenvalue weighted by Gasteiger charge is -2.50. The van der Waals surface area contributed by atoms with Crippen molar-refractivity contribution < 1.29 is 5.11 Å². The van der Waals surface area contributed by atoms with Crippen LogP contribution in [0.3, 0.4) is 0 Å². The first kappa shape index (κ1) is 12.0. The summed E-state index contributed by atoms with van der Waals surface area (Å²) in [6.45, 7) is 2.40. The van der Waals surface area contributed by atoms with E-state index >= 15 is 0 Å². The van der Waals surface area contributed by atoms with Gasteiger partial charge < -0.3 is 10.0 Å². The van der Waals surface area contributed by atoms with Gasteiger partial charge in [-0.05, 0) is 56.5 Å². The zero-order valence-corrected chi connectivity index (χ0v) is 11.2. The Morgan fingerprint density at radius 1 is 1.28 bits per heavy atom. The fourth-order valence-electron chi connectivity index (χ4n) is 4.10. The highest BCUT2D eigenvalue weighted by atomic mass is 16.3. The molecule has 1 aliphatic carbocycles. The molecule has 2 fully saturated rings. The van der Waals surface area contributed by atoms with E-state index in [-0.39, 0.29) is 0 Å². The van der Waals surface area contributed by atoms with Gasteiger partial charge >= 0.3 is 0 Å². The van der Waals surface area contributed by atoms with Gasteiger partial charge in [0.2, 0.25) is 0 Å². The van der Waals surface area contributed by atoms with Crippen LogP contribution in [0.5, 0.6) is 5.75 Å². The lowest BCUT2D eigenvalue weighted by atomic mass is 9.59. The van der Waals surface area contributed by atoms with Gasteiger partial charge in [-0.3, -0.25) is 0 Å². The van der Waals surface area contributed by atoms with Crippen molar-refractivity contribution >= 4 is 0 Å². The highest BCUT2D eigenvalue weighted by Crippen LogP contribution is 2.49. The molecule has 0 spiro atoms. The predicted molar refractivity (Wildman–Crippen MR) is 73.9 cm³/mol. The van der Waals surface area contributed by atoms with Crippen molar-refractivity contribution in [3.05, 3.63) is 29.8 Å². The summed E-state index contributed by atoms with van der Waals surface area (Å²) in [5, 5.41) is 9.77. The number of rotatable bonds is 1. The van der Waals surface area contributed by atoms with Gasteiger partial charge in [0, 0.05) is 12.0 Å². The normalized spacial score (nSPS) is 33.1. The van der Waals surface area contributed by atoms with E-state index < -0.39 is 0 Å². The van der Waals surface area contributed by atoms with Crippen molar-refractivity contribution in [3.63, 3.8) is 0 Å². The predicted octanol–water partition coefficient (Wildman–Crippen LogP) is 3.16. The largest absolute Gasteiger partial charge is 0.508 e. The maximum Gasteiger partial charge on any atom is 0.115 e. The molecule has 0 amide bonds. The molecule has 2 nitrogen and oxygen atoms in total. The zero-order valence-electron chi connectivity index (χ0n) is 11.2. The molecule has 1 N–H and O–H groups in total. The summed E-state index contributed by atoms with van der Waals surface area (Å²) in [6, 6.07) is 8.02. The van der Waals surface area contributed by atoms with Crippen LogP contribution in [0.2, 0.25) is 0 Å². The number of piperidine rings is 1. The minimum atomic E-state index is 0.337. The number of hydrogen-bond donors (Lipinski definition) is 1. The minimum absolute atomic E-state index is 0.337. The summed E-state index contributed by atoms with van der Waals surface area (Å²) >= 11 is 0. The molecular formula is C16H23NO. The highest BCUT2D eigenvalue weighted by Gasteiger charge is 2.44. The Morgan fingerprint density at radius 3 is 3.00 bits per heavy atom. The van der Waals surface area contributed by atoms with Crippen molar-refractivity contribution in [2.24, 2.45) is 5.92 Å². The van der Waals surface area contributed by atoms with Gasteiger partial charge in [0.1, 0.15) is 5.75 Å². The number of aromatic hydroxyl groups is 1. The van der Waals surface area contributed by atoms with Crippen LogP contribution in [0, 0.1) is 5.92 Å². The van der Waals surface area contributed by atoms with Gasteiger partial charge in [0.15, 0.2) is 0 Å². The topological polar surface area (TPSA) is 23.5 Å². The van der Waals surface area contributed by atoms with E-state index in [2.05, 4.69) is 18.0 Å². The second-order valence-corrected chi connectivity index (χ2v) is 6.16. The zero-order chi connectivity index (χ0) is 12.6. The van der Waals surface area contributed by atoms with E-state index in [1.54, 1.807) is 6.07 Å². The number of phenolic OH excluding ortho intramolecular Hbond substituents is 1. The van der Waals surface area contributed by atoms with Crippen LogP contribution < -0.4 is 0 Å². The van der Waals surface area contributed by atoms with Gasteiger partial charge in [-0.2, -0.15) is 0 Å². The maximum absolute atomic E-state index is 9.77. The second-order valence-electron chi connectivity index (χ2n) is 6.16. The van der Waals surface area contributed by atoms with Crippen molar-refractivity contribution in [2.75, 3.05) is 20.1 Å². The number of likely N-dealkylation sites (tertiary alicyclic amines) is 1. The van der Waals surface area contributed by atoms with Crippen LogP contribution in [0.15, 0.2) is 24.3 Å². The molecule has 2 atom stereocenters. The van der Waals surface area contributed by atoms with E-state index in [9.17, 15) is 5.11 Å². The smallest absolute Gasteiger partial charge is 0.115 e. The van der Waals surface area contributed by atoms with Crippen LogP contribution in [0.25, 0.3) is 0 Å². The number of hydrogen-bond acceptors (Lipinski definition) is 2. The molecule has 1 aromatic rings. The number of fused-ring (bicyclic) bond motifs is 1. The molecular weight excluding hydrogens is 222 g/mol. The Bertz CT molecular complexity index is 431. The van der Waals surface area contributed by atoms with E-state index in [1.165, 1.54) is 50.8 Å². The van der Waals surface area contributed by atoms with Crippen LogP contribution in [0.4, 0.5) is 0 Å². The second kappa shape index (κ2) is 4.58. The summed E-state index contributed by atoms with van der Waals surface area (Å²) in [5.41, 5.74) is 1.71. The molecule has 1 unspecified atom stereocenters. The van der Waals surface area contributed by atoms with E-state index in [0.29, 0.717) is 11.2 Å². The summed E-state index contributed by atoms with van der Waals surface area (Å²) in [6.07, 6.45) is 6.61. The number of nitrogens with zero attached hydrogens (tertiary/aromatic N) is 1. The molecule has 2 heteroatoms. The minimum Gasteiger partial charge on any atom is -0.508 e. The van der Waals surface area contributed by atoms with Crippen LogP contribution in [-0.2, 0) is 5.41 Å². The molecule has 1 saturated carbocycles. The molecule has 0 radical (unpaired) electrons.